The van der Waals surface area contributed by atoms with Gasteiger partial charge < -0.3 is 11.1 Å². The van der Waals surface area contributed by atoms with E-state index in [4.69, 9.17) is 5.73 Å². The molecule has 2 aromatic carbocycles. The predicted octanol–water partition coefficient (Wildman–Crippen LogP) is 3.30. The molecule has 0 atom stereocenters. The molecule has 25 heavy (non-hydrogen) atoms. The molecule has 1 aromatic heterocycles. The fourth-order valence-electron chi connectivity index (χ4n) is 2.52. The highest BCUT2D eigenvalue weighted by molar-refractivity contribution is 5.93. The molecule has 0 aliphatic carbocycles. The van der Waals surface area contributed by atoms with Crippen molar-refractivity contribution in [1.29, 1.82) is 0 Å². The third-order valence-electron chi connectivity index (χ3n) is 3.81. The van der Waals surface area contributed by atoms with Gasteiger partial charge in [-0.25, -0.2) is 0 Å². The van der Waals surface area contributed by atoms with Crippen molar-refractivity contribution in [3.05, 3.63) is 70.4 Å². The predicted molar refractivity (Wildman–Crippen MR) is 96.2 cm³/mol. The second kappa shape index (κ2) is 6.96. The lowest BCUT2D eigenvalue weighted by molar-refractivity contribution is -0.384. The second-order valence-electron chi connectivity index (χ2n) is 5.62. The van der Waals surface area contributed by atoms with Crippen LogP contribution in [-0.2, 0) is 11.2 Å². The Labute approximate surface area is 143 Å². The van der Waals surface area contributed by atoms with Crippen LogP contribution in [-0.4, -0.2) is 15.8 Å². The first-order chi connectivity index (χ1) is 12.0. The smallest absolute Gasteiger partial charge is 0.292 e. The van der Waals surface area contributed by atoms with Crippen molar-refractivity contribution in [2.24, 2.45) is 0 Å². The number of nitro benzene ring substituents is 1. The molecule has 0 saturated heterocycles. The zero-order valence-electron chi connectivity index (χ0n) is 13.3. The van der Waals surface area contributed by atoms with Crippen molar-refractivity contribution in [2.45, 2.75) is 12.8 Å². The maximum atomic E-state index is 12.1. The summed E-state index contributed by atoms with van der Waals surface area (Å²) in [6.45, 7) is 0. The Morgan fingerprint density at radius 3 is 2.80 bits per heavy atom. The van der Waals surface area contributed by atoms with Gasteiger partial charge in [0, 0.05) is 17.9 Å². The van der Waals surface area contributed by atoms with Crippen LogP contribution in [0.5, 0.6) is 0 Å². The fourth-order valence-corrected chi connectivity index (χ4v) is 2.52. The number of benzene rings is 2. The number of aromatic nitrogens is 1. The van der Waals surface area contributed by atoms with Crippen LogP contribution in [0.1, 0.15) is 12.0 Å². The van der Waals surface area contributed by atoms with Crippen molar-refractivity contribution in [1.82, 2.24) is 4.98 Å². The van der Waals surface area contributed by atoms with E-state index in [2.05, 4.69) is 10.3 Å². The van der Waals surface area contributed by atoms with E-state index >= 15 is 0 Å². The van der Waals surface area contributed by atoms with E-state index in [0.29, 0.717) is 17.7 Å². The van der Waals surface area contributed by atoms with Crippen molar-refractivity contribution in [3.63, 3.8) is 0 Å². The molecule has 7 nitrogen and oxygen atoms in total. The summed E-state index contributed by atoms with van der Waals surface area (Å²) < 4.78 is 0. The van der Waals surface area contributed by atoms with Crippen molar-refractivity contribution in [2.75, 3.05) is 11.1 Å². The summed E-state index contributed by atoms with van der Waals surface area (Å²) in [5, 5.41) is 14.6. The normalized spacial score (nSPS) is 10.6. The summed E-state index contributed by atoms with van der Waals surface area (Å²) in [5.41, 5.74) is 7.70. The number of nitrogens with zero attached hydrogens (tertiary/aromatic N) is 2. The number of nitrogens with two attached hydrogens (primary N) is 1. The molecule has 3 N–H and O–H groups in total. The Morgan fingerprint density at radius 1 is 1.20 bits per heavy atom. The SMILES string of the molecule is Nc1ccc(CCC(=O)Nc2cnc3ccccc3c2)cc1[N+](=O)[O-]. The van der Waals surface area contributed by atoms with Crippen LogP contribution in [0.3, 0.4) is 0 Å². The molecule has 0 spiro atoms. The molecule has 3 rings (SSSR count). The van der Waals surface area contributed by atoms with Crippen molar-refractivity contribution < 1.29 is 9.72 Å². The average Bonchev–Trinajstić information content (AvgIpc) is 2.60. The van der Waals surface area contributed by atoms with Crippen LogP contribution in [0.15, 0.2) is 54.7 Å². The Morgan fingerprint density at radius 2 is 2.00 bits per heavy atom. The highest BCUT2D eigenvalue weighted by Gasteiger charge is 2.12. The lowest BCUT2D eigenvalue weighted by atomic mass is 10.1. The summed E-state index contributed by atoms with van der Waals surface area (Å²) in [4.78, 5) is 26.8. The Balaban J connectivity index is 1.64. The van der Waals surface area contributed by atoms with Gasteiger partial charge in [0.1, 0.15) is 5.69 Å². The third-order valence-corrected chi connectivity index (χ3v) is 3.81. The molecule has 0 fully saturated rings. The van der Waals surface area contributed by atoms with Crippen LogP contribution in [0.2, 0.25) is 0 Å². The van der Waals surface area contributed by atoms with Crippen LogP contribution >= 0.6 is 0 Å². The quantitative estimate of drug-likeness (QED) is 0.422. The molecule has 0 radical (unpaired) electrons. The number of nitrogens with one attached hydrogen (secondary N) is 1. The van der Waals surface area contributed by atoms with Crippen LogP contribution < -0.4 is 11.1 Å². The van der Waals surface area contributed by atoms with E-state index in [1.165, 1.54) is 12.1 Å². The monoisotopic (exact) mass is 336 g/mol. The summed E-state index contributed by atoms with van der Waals surface area (Å²) in [6.07, 6.45) is 2.19. The average molecular weight is 336 g/mol. The number of carbonyl (C=O) groups is 1. The standard InChI is InChI=1S/C18H16N4O3/c19-15-7-5-12(9-17(15)22(24)25)6-8-18(23)21-14-10-13-3-1-2-4-16(13)20-11-14/h1-5,7,9-11H,6,8,19H2,(H,21,23). The number of hydrogen-bond acceptors (Lipinski definition) is 5. The third kappa shape index (κ3) is 3.89. The minimum Gasteiger partial charge on any atom is -0.393 e. The van der Waals surface area contributed by atoms with Crippen LogP contribution in [0.4, 0.5) is 17.1 Å². The van der Waals surface area contributed by atoms with E-state index in [0.717, 1.165) is 10.9 Å². The Kier molecular flexibility index (Phi) is 4.56. The lowest BCUT2D eigenvalue weighted by Crippen LogP contribution is -2.12. The van der Waals surface area contributed by atoms with Gasteiger partial charge in [0.05, 0.1) is 22.3 Å². The zero-order valence-corrected chi connectivity index (χ0v) is 13.3. The first kappa shape index (κ1) is 16.4. The maximum Gasteiger partial charge on any atom is 0.292 e. The number of para-hydroxylation sites is 1. The molecule has 1 amide bonds. The fraction of sp³-hybridized carbons (Fsp3) is 0.111. The number of fused-ring (bicyclic) bond motifs is 1. The first-order valence-corrected chi connectivity index (χ1v) is 7.70. The number of hydrogen-bond donors (Lipinski definition) is 2. The minimum absolute atomic E-state index is 0.112. The molecule has 0 aliphatic rings. The molecule has 0 bridgehead atoms. The van der Waals surface area contributed by atoms with Crippen LogP contribution in [0, 0.1) is 10.1 Å². The number of amides is 1. The molecule has 126 valence electrons. The topological polar surface area (TPSA) is 111 Å². The maximum absolute atomic E-state index is 12.1. The Bertz CT molecular complexity index is 956. The van der Waals surface area contributed by atoms with Gasteiger partial charge in [0.25, 0.3) is 5.69 Å². The van der Waals surface area contributed by atoms with E-state index in [9.17, 15) is 14.9 Å². The number of nitro groups is 1. The van der Waals surface area contributed by atoms with E-state index in [-0.39, 0.29) is 23.7 Å². The molecule has 3 aromatic rings. The number of pyridine rings is 1. The number of rotatable bonds is 5. The second-order valence-corrected chi connectivity index (χ2v) is 5.62. The number of anilines is 2. The first-order valence-electron chi connectivity index (χ1n) is 7.70. The molecule has 0 unspecified atom stereocenters. The molecular weight excluding hydrogens is 320 g/mol. The van der Waals surface area contributed by atoms with Crippen molar-refractivity contribution in [3.8, 4) is 0 Å². The summed E-state index contributed by atoms with van der Waals surface area (Å²) >= 11 is 0. The van der Waals surface area contributed by atoms with E-state index < -0.39 is 4.92 Å². The molecule has 0 aliphatic heterocycles. The largest absolute Gasteiger partial charge is 0.393 e. The summed E-state index contributed by atoms with van der Waals surface area (Å²) in [7, 11) is 0. The van der Waals surface area contributed by atoms with Gasteiger partial charge in [-0.15, -0.1) is 0 Å². The van der Waals surface area contributed by atoms with Crippen LogP contribution in [0.25, 0.3) is 10.9 Å². The summed E-state index contributed by atoms with van der Waals surface area (Å²) in [6, 6.07) is 14.1. The van der Waals surface area contributed by atoms with Gasteiger partial charge in [-0.05, 0) is 30.2 Å². The number of nitrogen functional groups attached to an aromatic ring is 1. The van der Waals surface area contributed by atoms with E-state index in [1.54, 1.807) is 12.3 Å². The van der Waals surface area contributed by atoms with Gasteiger partial charge in [0.15, 0.2) is 0 Å². The molecule has 1 heterocycles. The van der Waals surface area contributed by atoms with E-state index in [1.807, 2.05) is 30.3 Å². The van der Waals surface area contributed by atoms with Gasteiger partial charge in [-0.1, -0.05) is 24.3 Å². The molecule has 7 heteroatoms. The number of aryl methyl sites for hydroxylation is 1. The highest BCUT2D eigenvalue weighted by atomic mass is 16.6. The number of carbonyl (C=O) groups excluding carboxylic acids is 1. The Hall–Kier alpha value is -3.48. The summed E-state index contributed by atoms with van der Waals surface area (Å²) in [5.74, 6) is -0.184. The molecule has 0 saturated carbocycles. The highest BCUT2D eigenvalue weighted by Crippen LogP contribution is 2.23. The van der Waals surface area contributed by atoms with Gasteiger partial charge in [-0.2, -0.15) is 0 Å². The van der Waals surface area contributed by atoms with Crippen molar-refractivity contribution >= 4 is 33.9 Å². The van der Waals surface area contributed by atoms with Gasteiger partial charge >= 0.3 is 0 Å². The minimum atomic E-state index is -0.528. The zero-order chi connectivity index (χ0) is 17.8. The van der Waals surface area contributed by atoms with Gasteiger partial charge in [0.2, 0.25) is 5.91 Å². The van der Waals surface area contributed by atoms with Gasteiger partial charge in [-0.3, -0.25) is 19.9 Å². The lowest BCUT2D eigenvalue weighted by Gasteiger charge is -2.07. The molecular formula is C18H16N4O3.